The molecule has 0 saturated heterocycles. The number of nitrogens with zero attached hydrogens (tertiary/aromatic N) is 2. The summed E-state index contributed by atoms with van der Waals surface area (Å²) in [5.41, 5.74) is 6.70. The number of nitrogens with two attached hydrogens (primary N) is 1. The van der Waals surface area contributed by atoms with Crippen molar-refractivity contribution in [3.63, 3.8) is 0 Å². The van der Waals surface area contributed by atoms with Gasteiger partial charge in [0, 0.05) is 18.1 Å². The lowest BCUT2D eigenvalue weighted by atomic mass is 10.1. The highest BCUT2D eigenvalue weighted by molar-refractivity contribution is 6.23. The number of imide groups is 1. The maximum Gasteiger partial charge on any atom is 0.264 e. The molecule has 0 spiro atoms. The van der Waals surface area contributed by atoms with Gasteiger partial charge in [-0.15, -0.1) is 0 Å². The van der Waals surface area contributed by atoms with E-state index in [4.69, 9.17) is 5.73 Å². The number of aromatic amines is 1. The first-order chi connectivity index (χ1) is 8.68. The Balaban J connectivity index is 2.00. The van der Waals surface area contributed by atoms with Gasteiger partial charge < -0.3 is 10.7 Å². The zero-order valence-corrected chi connectivity index (χ0v) is 9.38. The second kappa shape index (κ2) is 3.69. The van der Waals surface area contributed by atoms with Crippen LogP contribution in [0.2, 0.25) is 0 Å². The molecule has 6 nitrogen and oxygen atoms in total. The van der Waals surface area contributed by atoms with Crippen molar-refractivity contribution in [1.82, 2.24) is 14.9 Å². The van der Waals surface area contributed by atoms with E-state index in [1.807, 2.05) is 0 Å². The Kier molecular flexibility index (Phi) is 2.16. The van der Waals surface area contributed by atoms with E-state index < -0.39 is 0 Å². The summed E-state index contributed by atoms with van der Waals surface area (Å²) in [5.74, 6) is -0.147. The van der Waals surface area contributed by atoms with E-state index in [1.165, 1.54) is 0 Å². The summed E-state index contributed by atoms with van der Waals surface area (Å²) in [4.78, 5) is 32.2. The number of fused-ring (bicyclic) bond motifs is 1. The van der Waals surface area contributed by atoms with Crippen molar-refractivity contribution in [2.24, 2.45) is 0 Å². The summed E-state index contributed by atoms with van der Waals surface area (Å²) < 4.78 is 0. The first kappa shape index (κ1) is 10.5. The number of nitrogens with one attached hydrogen (secondary N) is 1. The minimum atomic E-state index is -0.371. The second-order valence-corrected chi connectivity index (χ2v) is 4.00. The van der Waals surface area contributed by atoms with Crippen LogP contribution < -0.4 is 5.73 Å². The third-order valence-corrected chi connectivity index (χ3v) is 2.89. The lowest BCUT2D eigenvalue weighted by Crippen LogP contribution is -2.29. The number of carbonyl (C=O) groups excluding carboxylic acids is 2. The molecule has 0 saturated carbocycles. The molecular formula is C12H10N4O2. The van der Waals surface area contributed by atoms with Crippen LogP contribution >= 0.6 is 0 Å². The monoisotopic (exact) mass is 242 g/mol. The molecule has 0 unspecified atom stereocenters. The standard InChI is InChI=1S/C12H10N4O2/c13-8-3-1-2-7-10(8)12(18)16(11(7)17)6-9-14-4-5-15-9/h1-5H,6,13H2,(H,14,15). The summed E-state index contributed by atoms with van der Waals surface area (Å²) in [6.45, 7) is 0.124. The van der Waals surface area contributed by atoms with E-state index in [0.29, 0.717) is 17.1 Å². The number of aromatic nitrogens is 2. The molecule has 2 heterocycles. The van der Waals surface area contributed by atoms with E-state index in [0.717, 1.165) is 4.90 Å². The van der Waals surface area contributed by atoms with Crippen molar-refractivity contribution in [3.05, 3.63) is 47.5 Å². The summed E-state index contributed by atoms with van der Waals surface area (Å²) >= 11 is 0. The number of anilines is 1. The van der Waals surface area contributed by atoms with Crippen molar-refractivity contribution in [3.8, 4) is 0 Å². The first-order valence-electron chi connectivity index (χ1n) is 5.41. The highest BCUT2D eigenvalue weighted by Crippen LogP contribution is 2.28. The van der Waals surface area contributed by atoms with Crippen LogP contribution in [0.1, 0.15) is 26.5 Å². The average Bonchev–Trinajstić information content (AvgIpc) is 2.94. The van der Waals surface area contributed by atoms with Crippen LogP contribution in [0.4, 0.5) is 5.69 Å². The fourth-order valence-electron chi connectivity index (χ4n) is 2.04. The number of benzene rings is 1. The Hall–Kier alpha value is -2.63. The second-order valence-electron chi connectivity index (χ2n) is 4.00. The van der Waals surface area contributed by atoms with Gasteiger partial charge >= 0.3 is 0 Å². The van der Waals surface area contributed by atoms with E-state index >= 15 is 0 Å². The molecule has 3 N–H and O–H groups in total. The summed E-state index contributed by atoms with van der Waals surface area (Å²) in [7, 11) is 0. The van der Waals surface area contributed by atoms with Crippen molar-refractivity contribution < 1.29 is 9.59 Å². The van der Waals surface area contributed by atoms with Gasteiger partial charge in [0.25, 0.3) is 11.8 Å². The maximum absolute atomic E-state index is 12.1. The third kappa shape index (κ3) is 1.39. The zero-order valence-electron chi connectivity index (χ0n) is 9.38. The van der Waals surface area contributed by atoms with Crippen LogP contribution in [0.3, 0.4) is 0 Å². The predicted octanol–water partition coefficient (Wildman–Crippen LogP) is 0.788. The van der Waals surface area contributed by atoms with Crippen LogP contribution in [0.25, 0.3) is 0 Å². The van der Waals surface area contributed by atoms with Crippen LogP contribution in [0.15, 0.2) is 30.6 Å². The van der Waals surface area contributed by atoms with Gasteiger partial charge in [0.2, 0.25) is 0 Å². The van der Waals surface area contributed by atoms with Crippen molar-refractivity contribution in [2.75, 3.05) is 5.73 Å². The first-order valence-corrected chi connectivity index (χ1v) is 5.41. The van der Waals surface area contributed by atoms with E-state index in [9.17, 15) is 9.59 Å². The number of hydrogen-bond acceptors (Lipinski definition) is 4. The molecule has 2 amide bonds. The molecule has 0 aliphatic carbocycles. The van der Waals surface area contributed by atoms with Crippen LogP contribution in [0.5, 0.6) is 0 Å². The molecule has 18 heavy (non-hydrogen) atoms. The van der Waals surface area contributed by atoms with E-state index in [1.54, 1.807) is 30.6 Å². The molecule has 1 aromatic heterocycles. The fraction of sp³-hybridized carbons (Fsp3) is 0.0833. The normalized spacial score (nSPS) is 14.1. The van der Waals surface area contributed by atoms with Crippen molar-refractivity contribution >= 4 is 17.5 Å². The smallest absolute Gasteiger partial charge is 0.264 e. The SMILES string of the molecule is Nc1cccc2c1C(=O)N(Cc1ncc[nH]1)C2=O. The van der Waals surface area contributed by atoms with E-state index in [2.05, 4.69) is 9.97 Å². The number of H-pyrrole nitrogens is 1. The van der Waals surface area contributed by atoms with Crippen LogP contribution in [-0.2, 0) is 6.54 Å². The maximum atomic E-state index is 12.1. The van der Waals surface area contributed by atoms with Crippen LogP contribution in [0, 0.1) is 0 Å². The molecule has 1 aliphatic rings. The number of nitrogen functional groups attached to an aromatic ring is 1. The van der Waals surface area contributed by atoms with E-state index in [-0.39, 0.29) is 23.9 Å². The lowest BCUT2D eigenvalue weighted by molar-refractivity contribution is 0.0639. The molecule has 0 radical (unpaired) electrons. The molecule has 0 bridgehead atoms. The Morgan fingerprint density at radius 1 is 1.28 bits per heavy atom. The molecular weight excluding hydrogens is 232 g/mol. The predicted molar refractivity (Wildman–Crippen MR) is 63.6 cm³/mol. The number of rotatable bonds is 2. The topological polar surface area (TPSA) is 92.1 Å². The molecule has 2 aromatic rings. The zero-order chi connectivity index (χ0) is 12.7. The number of amides is 2. The van der Waals surface area contributed by atoms with Crippen molar-refractivity contribution in [2.45, 2.75) is 6.54 Å². The third-order valence-electron chi connectivity index (χ3n) is 2.89. The van der Waals surface area contributed by atoms with Gasteiger partial charge in [-0.2, -0.15) is 0 Å². The largest absolute Gasteiger partial charge is 0.398 e. The highest BCUT2D eigenvalue weighted by Gasteiger charge is 2.37. The average molecular weight is 242 g/mol. The number of hydrogen-bond donors (Lipinski definition) is 2. The van der Waals surface area contributed by atoms with Crippen LogP contribution in [-0.4, -0.2) is 26.7 Å². The molecule has 1 aromatic carbocycles. The molecule has 3 rings (SSSR count). The minimum Gasteiger partial charge on any atom is -0.398 e. The Bertz CT molecular complexity index is 634. The molecule has 0 fully saturated rings. The molecule has 1 aliphatic heterocycles. The Morgan fingerprint density at radius 3 is 2.78 bits per heavy atom. The Labute approximate surface area is 102 Å². The Morgan fingerprint density at radius 2 is 2.11 bits per heavy atom. The summed E-state index contributed by atoms with van der Waals surface area (Å²) in [6.07, 6.45) is 3.21. The summed E-state index contributed by atoms with van der Waals surface area (Å²) in [5, 5.41) is 0. The van der Waals surface area contributed by atoms with Gasteiger partial charge in [0.15, 0.2) is 0 Å². The fourth-order valence-corrected chi connectivity index (χ4v) is 2.04. The molecule has 0 atom stereocenters. The molecule has 6 heteroatoms. The number of carbonyl (C=O) groups is 2. The number of imidazole rings is 1. The van der Waals surface area contributed by atoms with Gasteiger partial charge in [-0.25, -0.2) is 4.98 Å². The quantitative estimate of drug-likeness (QED) is 0.601. The lowest BCUT2D eigenvalue weighted by Gasteiger charge is -2.11. The van der Waals surface area contributed by atoms with Gasteiger partial charge in [0.1, 0.15) is 5.82 Å². The minimum absolute atomic E-state index is 0.124. The van der Waals surface area contributed by atoms with Gasteiger partial charge in [-0.05, 0) is 12.1 Å². The summed E-state index contributed by atoms with van der Waals surface area (Å²) in [6, 6.07) is 4.88. The highest BCUT2D eigenvalue weighted by atomic mass is 16.2. The molecule has 90 valence electrons. The van der Waals surface area contributed by atoms with Gasteiger partial charge in [-0.3, -0.25) is 14.5 Å². The van der Waals surface area contributed by atoms with Crippen molar-refractivity contribution in [1.29, 1.82) is 0 Å². The van der Waals surface area contributed by atoms with Gasteiger partial charge in [-0.1, -0.05) is 6.07 Å². The van der Waals surface area contributed by atoms with Gasteiger partial charge in [0.05, 0.1) is 17.7 Å².